The van der Waals surface area contributed by atoms with Gasteiger partial charge in [-0.3, -0.25) is 4.79 Å². The van der Waals surface area contributed by atoms with Gasteiger partial charge in [-0.25, -0.2) is 4.98 Å². The molecular weight excluding hydrogens is 385 g/mol. The third-order valence-corrected chi connectivity index (χ3v) is 4.04. The number of anilines is 1. The van der Waals surface area contributed by atoms with Gasteiger partial charge in [0.15, 0.2) is 0 Å². The first-order chi connectivity index (χ1) is 13.9. The van der Waals surface area contributed by atoms with Gasteiger partial charge in [-0.15, -0.1) is 0 Å². The highest BCUT2D eigenvalue weighted by molar-refractivity contribution is 6.03. The van der Waals surface area contributed by atoms with E-state index in [0.29, 0.717) is 17.5 Å². The van der Waals surface area contributed by atoms with Gasteiger partial charge >= 0.3 is 6.68 Å². The highest BCUT2D eigenvalue weighted by Gasteiger charge is 2.12. The molecule has 164 valence electrons. The molecule has 1 aromatic rings. The number of nitrogens with one attached hydrogen (secondary N) is 1. The van der Waals surface area contributed by atoms with Crippen LogP contribution >= 0.6 is 0 Å². The Hall–Kier alpha value is -2.35. The van der Waals surface area contributed by atoms with E-state index in [9.17, 15) is 18.0 Å². The number of methoxy groups -OCH3 is 1. The van der Waals surface area contributed by atoms with Crippen molar-refractivity contribution in [3.63, 3.8) is 0 Å². The molecule has 1 aromatic heterocycles. The summed E-state index contributed by atoms with van der Waals surface area (Å²) in [6.45, 7) is 3.46. The van der Waals surface area contributed by atoms with E-state index < -0.39 is 12.6 Å². The van der Waals surface area contributed by atoms with Crippen LogP contribution in [0.1, 0.15) is 51.5 Å². The zero-order valence-corrected chi connectivity index (χ0v) is 17.3. The Morgan fingerprint density at radius 2 is 1.93 bits per heavy atom. The molecule has 0 bridgehead atoms. The number of carbonyl (C=O) groups excluding carboxylic acids is 1. The van der Waals surface area contributed by atoms with Crippen molar-refractivity contribution in [2.24, 2.45) is 5.92 Å². The number of hydrogen-bond donors (Lipinski definition) is 2. The highest BCUT2D eigenvalue weighted by atomic mass is 19.4. The van der Waals surface area contributed by atoms with E-state index >= 15 is 0 Å². The maximum absolute atomic E-state index is 11.8. The van der Waals surface area contributed by atoms with E-state index in [2.05, 4.69) is 23.0 Å². The van der Waals surface area contributed by atoms with Crippen molar-refractivity contribution in [2.45, 2.75) is 52.6 Å². The predicted molar refractivity (Wildman–Crippen MR) is 110 cm³/mol. The first kappa shape index (κ1) is 26.6. The van der Waals surface area contributed by atoms with E-state index in [1.54, 1.807) is 7.11 Å². The Morgan fingerprint density at radius 1 is 1.34 bits per heavy atom. The molecular formula is C21H31F3N2O3. The summed E-state index contributed by atoms with van der Waals surface area (Å²) in [4.78, 5) is 16.0. The van der Waals surface area contributed by atoms with Crippen LogP contribution in [0, 0.1) is 5.92 Å². The smallest absolute Gasteiger partial charge is 0.379 e. The summed E-state index contributed by atoms with van der Waals surface area (Å²) >= 11 is 0. The number of aromatic nitrogens is 1. The maximum atomic E-state index is 11.8. The van der Waals surface area contributed by atoms with Crippen LogP contribution in [-0.2, 0) is 4.79 Å². The predicted octanol–water partition coefficient (Wildman–Crippen LogP) is 5.38. The third kappa shape index (κ3) is 11.3. The average Bonchev–Trinajstić information content (AvgIpc) is 2.73. The van der Waals surface area contributed by atoms with Crippen molar-refractivity contribution in [3.05, 3.63) is 36.1 Å². The van der Waals surface area contributed by atoms with Crippen molar-refractivity contribution in [1.82, 2.24) is 4.98 Å². The number of pyridine rings is 1. The second-order valence-corrected chi connectivity index (χ2v) is 6.04. The molecule has 5 nitrogen and oxygen atoms in total. The minimum absolute atomic E-state index is 0.111. The van der Waals surface area contributed by atoms with Gasteiger partial charge in [0.05, 0.1) is 25.6 Å². The summed E-state index contributed by atoms with van der Waals surface area (Å²) in [5, 5.41) is 11.6. The van der Waals surface area contributed by atoms with Gasteiger partial charge in [-0.1, -0.05) is 51.8 Å². The highest BCUT2D eigenvalue weighted by Crippen LogP contribution is 2.27. The molecule has 8 heteroatoms. The van der Waals surface area contributed by atoms with Crippen LogP contribution in [0.15, 0.2) is 30.5 Å². The van der Waals surface area contributed by atoms with Gasteiger partial charge in [-0.05, 0) is 24.8 Å². The Kier molecular flexibility index (Phi) is 14.3. The molecule has 29 heavy (non-hydrogen) atoms. The lowest BCUT2D eigenvalue weighted by atomic mass is 9.89. The largest absolute Gasteiger partial charge is 0.481 e. The Balaban J connectivity index is 0.00000116. The normalized spacial score (nSPS) is 13.8. The SMILES string of the molecule is C=C(CO)C(=O)Nc1cnc(OC)c(/C=C/C2CCCCC2)c1.CC.FC(F)F. The number of alkyl halides is 3. The number of rotatable bonds is 6. The molecule has 0 spiro atoms. The number of amides is 1. The summed E-state index contributed by atoms with van der Waals surface area (Å²) in [5.74, 6) is 0.707. The van der Waals surface area contributed by atoms with Crippen LogP contribution in [0.25, 0.3) is 6.08 Å². The minimum Gasteiger partial charge on any atom is -0.481 e. The number of carbonyl (C=O) groups is 1. The third-order valence-electron chi connectivity index (χ3n) is 4.04. The van der Waals surface area contributed by atoms with Gasteiger partial charge in [0, 0.05) is 11.1 Å². The quantitative estimate of drug-likeness (QED) is 0.611. The zero-order chi connectivity index (χ0) is 22.2. The van der Waals surface area contributed by atoms with Crippen LogP contribution in [0.3, 0.4) is 0 Å². The number of aliphatic hydroxyl groups is 1. The topological polar surface area (TPSA) is 71.5 Å². The van der Waals surface area contributed by atoms with E-state index in [0.717, 1.165) is 5.56 Å². The summed E-state index contributed by atoms with van der Waals surface area (Å²) in [7, 11) is 1.58. The molecule has 0 saturated heterocycles. The number of aliphatic hydroxyl groups excluding tert-OH is 1. The Bertz CT molecular complexity index is 643. The Labute approximate surface area is 170 Å². The number of hydrogen-bond acceptors (Lipinski definition) is 4. The van der Waals surface area contributed by atoms with Crippen molar-refractivity contribution in [1.29, 1.82) is 0 Å². The molecule has 0 aromatic carbocycles. The Morgan fingerprint density at radius 3 is 2.45 bits per heavy atom. The van der Waals surface area contributed by atoms with Crippen LogP contribution in [-0.4, -0.2) is 36.4 Å². The number of nitrogens with zero attached hydrogens (tertiary/aromatic N) is 1. The first-order valence-corrected chi connectivity index (χ1v) is 9.61. The second-order valence-electron chi connectivity index (χ2n) is 6.04. The molecule has 2 rings (SSSR count). The number of allylic oxidation sites excluding steroid dienone is 1. The van der Waals surface area contributed by atoms with Crippen molar-refractivity contribution in [2.75, 3.05) is 19.0 Å². The van der Waals surface area contributed by atoms with Gasteiger partial charge in [0.25, 0.3) is 5.91 Å². The molecule has 2 N–H and O–H groups in total. The fourth-order valence-corrected chi connectivity index (χ4v) is 2.69. The first-order valence-electron chi connectivity index (χ1n) is 9.61. The van der Waals surface area contributed by atoms with Gasteiger partial charge in [-0.2, -0.15) is 13.2 Å². The minimum atomic E-state index is -3.67. The van der Waals surface area contributed by atoms with E-state index in [-0.39, 0.29) is 12.2 Å². The molecule has 1 fully saturated rings. The second kappa shape index (κ2) is 15.6. The molecule has 1 aliphatic rings. The average molecular weight is 416 g/mol. The molecule has 1 saturated carbocycles. The van der Waals surface area contributed by atoms with E-state index in [4.69, 9.17) is 9.84 Å². The van der Waals surface area contributed by atoms with Gasteiger partial charge < -0.3 is 15.2 Å². The summed E-state index contributed by atoms with van der Waals surface area (Å²) in [5.41, 5.74) is 1.49. The molecule has 1 amide bonds. The summed E-state index contributed by atoms with van der Waals surface area (Å²) in [6, 6.07) is 1.81. The zero-order valence-electron chi connectivity index (χ0n) is 17.3. The lowest BCUT2D eigenvalue weighted by Crippen LogP contribution is -2.16. The van der Waals surface area contributed by atoms with Crippen molar-refractivity contribution < 1.29 is 27.8 Å². The van der Waals surface area contributed by atoms with Gasteiger partial charge in [0.2, 0.25) is 5.88 Å². The molecule has 1 aliphatic carbocycles. The fraction of sp³-hybridized carbons (Fsp3) is 0.524. The molecule has 0 atom stereocenters. The molecule has 0 unspecified atom stereocenters. The molecule has 1 heterocycles. The monoisotopic (exact) mass is 416 g/mol. The number of halogens is 3. The van der Waals surface area contributed by atoms with Crippen LogP contribution in [0.2, 0.25) is 0 Å². The lowest BCUT2D eigenvalue weighted by Gasteiger charge is -2.17. The van der Waals surface area contributed by atoms with Crippen LogP contribution < -0.4 is 10.1 Å². The fourth-order valence-electron chi connectivity index (χ4n) is 2.69. The maximum Gasteiger partial charge on any atom is 0.379 e. The summed E-state index contributed by atoms with van der Waals surface area (Å²) in [6.07, 6.45) is 12.1. The van der Waals surface area contributed by atoms with E-state index in [1.807, 2.05) is 26.0 Å². The van der Waals surface area contributed by atoms with Crippen molar-refractivity contribution in [3.8, 4) is 5.88 Å². The van der Waals surface area contributed by atoms with Gasteiger partial charge in [0.1, 0.15) is 0 Å². The standard InChI is InChI=1S/C18H24N2O3.C2H6.CHF3/c1-13(12-21)17(22)20-16-10-15(18(23-2)19-11-16)9-8-14-6-4-3-5-7-14;1-2;2-1(3)4/h8-11,14,21H,1,3-7,12H2,2H3,(H,20,22);1-2H3;1H/b9-8+;;. The number of ether oxygens (including phenoxy) is 1. The van der Waals surface area contributed by atoms with Crippen LogP contribution in [0.5, 0.6) is 5.88 Å². The van der Waals surface area contributed by atoms with E-state index in [1.165, 1.54) is 38.3 Å². The van der Waals surface area contributed by atoms with Crippen molar-refractivity contribution >= 4 is 17.7 Å². The van der Waals surface area contributed by atoms with Crippen LogP contribution in [0.4, 0.5) is 18.9 Å². The summed E-state index contributed by atoms with van der Waals surface area (Å²) < 4.78 is 34.3. The molecule has 0 aliphatic heterocycles. The molecule has 0 radical (unpaired) electrons. The lowest BCUT2D eigenvalue weighted by molar-refractivity contribution is -0.113.